The lowest BCUT2D eigenvalue weighted by atomic mass is 9.85. The van der Waals surface area contributed by atoms with Crippen LogP contribution in [0.2, 0.25) is 0 Å². The maximum absolute atomic E-state index is 14.2. The number of hydrogen-bond acceptors (Lipinski definition) is 4. The summed E-state index contributed by atoms with van der Waals surface area (Å²) in [6.07, 6.45) is -6.49. The molecule has 0 spiro atoms. The lowest BCUT2D eigenvalue weighted by molar-refractivity contribution is -0.182. The lowest BCUT2D eigenvalue weighted by Gasteiger charge is -2.38. The van der Waals surface area contributed by atoms with Crippen molar-refractivity contribution >= 4 is 28.3 Å². The molecule has 2 heterocycles. The van der Waals surface area contributed by atoms with E-state index in [1.807, 2.05) is 0 Å². The van der Waals surface area contributed by atoms with Crippen LogP contribution < -0.4 is 5.32 Å². The number of ether oxygens (including phenoxy) is 1. The van der Waals surface area contributed by atoms with Gasteiger partial charge < -0.3 is 15.0 Å². The number of piperidine rings is 1. The molecule has 5 rings (SSSR count). The van der Waals surface area contributed by atoms with Gasteiger partial charge in [-0.15, -0.1) is 0 Å². The van der Waals surface area contributed by atoms with E-state index in [1.54, 1.807) is 4.90 Å². The van der Waals surface area contributed by atoms with Gasteiger partial charge in [-0.25, -0.2) is 0 Å². The Labute approximate surface area is 221 Å². The van der Waals surface area contributed by atoms with Crippen LogP contribution in [-0.2, 0) is 15.7 Å². The third-order valence-electron chi connectivity index (χ3n) is 8.60. The predicted molar refractivity (Wildman–Crippen MR) is 132 cm³/mol. The van der Waals surface area contributed by atoms with Crippen molar-refractivity contribution in [1.82, 2.24) is 4.90 Å². The van der Waals surface area contributed by atoms with Gasteiger partial charge in [0.15, 0.2) is 0 Å². The first kappa shape index (κ1) is 27.6. The van der Waals surface area contributed by atoms with Crippen molar-refractivity contribution < 1.29 is 40.7 Å². The van der Waals surface area contributed by atoms with Gasteiger partial charge in [0, 0.05) is 29.4 Å². The van der Waals surface area contributed by atoms with Crippen molar-refractivity contribution in [3.63, 3.8) is 0 Å². The van der Waals surface area contributed by atoms with Crippen LogP contribution in [-0.4, -0.2) is 48.2 Å². The number of esters is 1. The van der Waals surface area contributed by atoms with Crippen LogP contribution in [0, 0.1) is 11.8 Å². The summed E-state index contributed by atoms with van der Waals surface area (Å²) in [5.74, 6) is -2.25. The average Bonchev–Trinajstić information content (AvgIpc) is 3.15. The molecule has 3 fully saturated rings. The number of halogens is 6. The minimum atomic E-state index is -4.72. The van der Waals surface area contributed by atoms with E-state index in [1.165, 1.54) is 37.4 Å². The minimum Gasteiger partial charge on any atom is -0.469 e. The Morgan fingerprint density at radius 1 is 0.897 bits per heavy atom. The summed E-state index contributed by atoms with van der Waals surface area (Å²) < 4.78 is 86.6. The van der Waals surface area contributed by atoms with E-state index in [9.17, 15) is 35.9 Å². The zero-order valence-corrected chi connectivity index (χ0v) is 21.4. The van der Waals surface area contributed by atoms with Crippen LogP contribution in [0.5, 0.6) is 0 Å². The predicted octanol–water partition coefficient (Wildman–Crippen LogP) is 6.95. The molecule has 2 atom stereocenters. The largest absolute Gasteiger partial charge is 0.469 e. The number of rotatable bonds is 4. The molecule has 1 N–H and O–H groups in total. The number of fused-ring (bicyclic) bond motifs is 3. The van der Waals surface area contributed by atoms with Crippen LogP contribution in [0.1, 0.15) is 67.3 Å². The third-order valence-corrected chi connectivity index (χ3v) is 8.60. The number of nitrogens with one attached hydrogen (secondary N) is 1. The molecule has 1 saturated carbocycles. The van der Waals surface area contributed by atoms with Gasteiger partial charge in [0.1, 0.15) is 0 Å². The number of carbonyl (C=O) groups excluding carboxylic acids is 2. The number of benzene rings is 2. The maximum Gasteiger partial charge on any atom is 0.418 e. The minimum absolute atomic E-state index is 0.0830. The fourth-order valence-corrected chi connectivity index (χ4v) is 6.69. The number of nitrogens with zero attached hydrogens (tertiary/aromatic N) is 1. The summed E-state index contributed by atoms with van der Waals surface area (Å²) in [6, 6.07) is 6.19. The molecule has 2 unspecified atom stereocenters. The van der Waals surface area contributed by atoms with Gasteiger partial charge >= 0.3 is 18.3 Å². The molecule has 2 saturated heterocycles. The Kier molecular flexibility index (Phi) is 7.22. The van der Waals surface area contributed by atoms with Crippen LogP contribution in [0.25, 0.3) is 10.8 Å². The first-order valence-corrected chi connectivity index (χ1v) is 13.2. The second-order valence-electron chi connectivity index (χ2n) is 10.9. The van der Waals surface area contributed by atoms with E-state index in [0.717, 1.165) is 12.8 Å². The number of methoxy groups -OCH3 is 1. The Hall–Kier alpha value is -2.98. The summed E-state index contributed by atoms with van der Waals surface area (Å²) in [5.41, 5.74) is -0.793. The van der Waals surface area contributed by atoms with Crippen molar-refractivity contribution in [1.29, 1.82) is 0 Å². The highest BCUT2D eigenvalue weighted by Crippen LogP contribution is 2.44. The first-order chi connectivity index (χ1) is 18.4. The third kappa shape index (κ3) is 5.41. The Morgan fingerprint density at radius 2 is 1.54 bits per heavy atom. The molecule has 39 heavy (non-hydrogen) atoms. The number of hydrogen-bond donors (Lipinski definition) is 1. The molecule has 2 aromatic carbocycles. The van der Waals surface area contributed by atoms with E-state index in [-0.39, 0.29) is 77.6 Å². The van der Waals surface area contributed by atoms with Crippen LogP contribution in [0.3, 0.4) is 0 Å². The fraction of sp³-hybridized carbons (Fsp3) is 0.571. The Morgan fingerprint density at radius 3 is 2.10 bits per heavy atom. The molecule has 3 aliphatic rings. The summed E-state index contributed by atoms with van der Waals surface area (Å²) in [5, 5.41) is 3.01. The normalized spacial score (nSPS) is 27.5. The van der Waals surface area contributed by atoms with Crippen LogP contribution in [0.4, 0.5) is 32.0 Å². The number of amides is 1. The van der Waals surface area contributed by atoms with Crippen molar-refractivity contribution in [3.8, 4) is 0 Å². The summed E-state index contributed by atoms with van der Waals surface area (Å²) >= 11 is 0. The quantitative estimate of drug-likeness (QED) is 0.327. The molecule has 2 aliphatic heterocycles. The Balaban J connectivity index is 1.38. The zero-order valence-electron chi connectivity index (χ0n) is 21.4. The van der Waals surface area contributed by atoms with Crippen molar-refractivity contribution in [3.05, 3.63) is 41.5 Å². The van der Waals surface area contributed by atoms with Crippen molar-refractivity contribution in [2.24, 2.45) is 11.8 Å². The molecule has 11 heteroatoms. The van der Waals surface area contributed by atoms with Crippen LogP contribution in [0.15, 0.2) is 30.3 Å². The molecular weight excluding hydrogens is 526 g/mol. The fourth-order valence-electron chi connectivity index (χ4n) is 6.69. The molecule has 5 nitrogen and oxygen atoms in total. The molecule has 1 amide bonds. The van der Waals surface area contributed by atoms with Gasteiger partial charge in [-0.05, 0) is 80.3 Å². The highest BCUT2D eigenvalue weighted by Gasteiger charge is 2.46. The Bertz CT molecular complexity index is 1240. The van der Waals surface area contributed by atoms with Crippen molar-refractivity contribution in [2.75, 3.05) is 12.4 Å². The highest BCUT2D eigenvalue weighted by molar-refractivity contribution is 6.01. The molecule has 2 aromatic rings. The van der Waals surface area contributed by atoms with Gasteiger partial charge in [0.2, 0.25) is 0 Å². The first-order valence-electron chi connectivity index (χ1n) is 13.2. The van der Waals surface area contributed by atoms with E-state index in [0.29, 0.717) is 12.8 Å². The summed E-state index contributed by atoms with van der Waals surface area (Å²) in [6.45, 7) is 0. The van der Waals surface area contributed by atoms with Gasteiger partial charge in [-0.1, -0.05) is 12.1 Å². The van der Waals surface area contributed by atoms with Crippen molar-refractivity contribution in [2.45, 2.75) is 81.8 Å². The molecule has 0 radical (unpaired) electrons. The van der Waals surface area contributed by atoms with Gasteiger partial charge in [0.05, 0.1) is 24.5 Å². The second kappa shape index (κ2) is 10.2. The zero-order chi connectivity index (χ0) is 28.1. The monoisotopic (exact) mass is 556 g/mol. The topological polar surface area (TPSA) is 58.6 Å². The van der Waals surface area contributed by atoms with E-state index < -0.39 is 29.9 Å². The molecule has 2 bridgehead atoms. The van der Waals surface area contributed by atoms with E-state index >= 15 is 0 Å². The van der Waals surface area contributed by atoms with E-state index in [2.05, 4.69) is 5.32 Å². The number of carbonyl (C=O) groups is 2. The smallest absolute Gasteiger partial charge is 0.418 e. The molecule has 212 valence electrons. The maximum atomic E-state index is 14.2. The van der Waals surface area contributed by atoms with Crippen LogP contribution >= 0.6 is 0 Å². The van der Waals surface area contributed by atoms with Gasteiger partial charge in [0.25, 0.3) is 5.91 Å². The summed E-state index contributed by atoms with van der Waals surface area (Å²) in [4.78, 5) is 27.2. The average molecular weight is 557 g/mol. The van der Waals surface area contributed by atoms with Gasteiger partial charge in [-0.3, -0.25) is 9.59 Å². The molecule has 1 aliphatic carbocycles. The standard InChI is InChI=1S/C28H30F6N2O3/c1-39-26(38)17-13-20-8-9-21(14-17)36(20)25(37)16-2-10-22-15(12-16)3-11-23(24(22)28(32,33)34)35-19-6-4-18(5-7-19)27(29,30)31/h2-3,10-12,17-21,35H,4-9,13-14H2,1H3. The number of alkyl halides is 6. The summed E-state index contributed by atoms with van der Waals surface area (Å²) in [7, 11) is 1.34. The molecular formula is C28H30F6N2O3. The highest BCUT2D eigenvalue weighted by atomic mass is 19.4. The van der Waals surface area contributed by atoms with Gasteiger partial charge in [-0.2, -0.15) is 26.3 Å². The van der Waals surface area contributed by atoms with E-state index in [4.69, 9.17) is 4.74 Å². The lowest BCUT2D eigenvalue weighted by Crippen LogP contribution is -2.48. The number of anilines is 1. The molecule has 0 aromatic heterocycles. The second-order valence-corrected chi connectivity index (χ2v) is 10.9. The SMILES string of the molecule is COC(=O)C1CC2CCC(C1)N2C(=O)c1ccc2c(C(F)(F)F)c(NC3CCC(C(F)(F)F)CC3)ccc2c1.